The van der Waals surface area contributed by atoms with Crippen LogP contribution >= 0.6 is 68.4 Å². The van der Waals surface area contributed by atoms with E-state index in [0.717, 1.165) is 14.7 Å². The van der Waals surface area contributed by atoms with Crippen molar-refractivity contribution in [3.63, 3.8) is 0 Å². The summed E-state index contributed by atoms with van der Waals surface area (Å²) < 4.78 is 1.43. The lowest BCUT2D eigenvalue weighted by Crippen LogP contribution is -2.14. The van der Waals surface area contributed by atoms with Crippen molar-refractivity contribution in [2.75, 3.05) is 10.6 Å². The Hall–Kier alpha value is -3.83. The van der Waals surface area contributed by atoms with Crippen LogP contribution < -0.4 is 10.6 Å². The number of nitriles is 1. The predicted molar refractivity (Wildman–Crippen MR) is 199 cm³/mol. The molecule has 11 heteroatoms. The number of hydrogen-bond acceptors (Lipinski definition) is 5. The van der Waals surface area contributed by atoms with Gasteiger partial charge in [0.1, 0.15) is 11.5 Å². The fourth-order valence-corrected chi connectivity index (χ4v) is 6.60. The molecule has 0 aliphatic carbocycles. The molecule has 0 aliphatic heterocycles. The standard InChI is InChI=1S/C22H14Cl2I2N2O2.C13H11NO2/c1-11-6-15(17(10-27)12-2-4-13(23)5-3-12)18(24)9-20(11)28-22(30)16-7-14(25)8-19(26)21(16)29;15-12-9-5-4-8-11(12)13(16)14-10-6-2-1-3-7-10/h2-9,17,29H,1H3,(H,28,30);1-9,15H,(H,14,16). The first kappa shape index (κ1) is 35.0. The summed E-state index contributed by atoms with van der Waals surface area (Å²) >= 11 is 16.5. The van der Waals surface area contributed by atoms with Crippen molar-refractivity contribution in [1.29, 1.82) is 5.26 Å². The Kier molecular flexibility index (Phi) is 12.3. The second-order valence-corrected chi connectivity index (χ2v) is 13.1. The molecule has 1 unspecified atom stereocenters. The fraction of sp³-hybridized carbons (Fsp3) is 0.0571. The summed E-state index contributed by atoms with van der Waals surface area (Å²) in [6.07, 6.45) is 0. The Labute approximate surface area is 303 Å². The number of rotatable bonds is 6. The molecular formula is C35H25Cl2I2N3O4. The van der Waals surface area contributed by atoms with Crippen LogP contribution in [0.3, 0.4) is 0 Å². The van der Waals surface area contributed by atoms with Crippen molar-refractivity contribution in [3.8, 4) is 17.6 Å². The van der Waals surface area contributed by atoms with Gasteiger partial charge in [0.25, 0.3) is 11.8 Å². The molecule has 5 rings (SSSR count). The second-order valence-electron chi connectivity index (χ2n) is 9.88. The normalized spacial score (nSPS) is 11.0. The first-order valence-electron chi connectivity index (χ1n) is 13.6. The highest BCUT2D eigenvalue weighted by Crippen LogP contribution is 2.35. The van der Waals surface area contributed by atoms with Gasteiger partial charge in [0.2, 0.25) is 0 Å². The third-order valence-corrected chi connectivity index (χ3v) is 8.71. The number of halogens is 4. The van der Waals surface area contributed by atoms with E-state index in [-0.39, 0.29) is 28.5 Å². The van der Waals surface area contributed by atoms with E-state index < -0.39 is 11.8 Å². The summed E-state index contributed by atoms with van der Waals surface area (Å²) in [5.74, 6) is -1.41. The van der Waals surface area contributed by atoms with Gasteiger partial charge in [-0.15, -0.1) is 0 Å². The van der Waals surface area contributed by atoms with Crippen molar-refractivity contribution < 1.29 is 19.8 Å². The summed E-state index contributed by atoms with van der Waals surface area (Å²) in [4.78, 5) is 24.5. The molecule has 0 aromatic heterocycles. The van der Waals surface area contributed by atoms with E-state index in [0.29, 0.717) is 30.6 Å². The summed E-state index contributed by atoms with van der Waals surface area (Å²) in [7, 11) is 0. The number of benzene rings is 5. The zero-order valence-electron chi connectivity index (χ0n) is 24.1. The lowest BCUT2D eigenvalue weighted by atomic mass is 9.91. The number of para-hydroxylation sites is 2. The molecule has 5 aromatic rings. The van der Waals surface area contributed by atoms with E-state index in [2.05, 4.69) is 39.3 Å². The fourth-order valence-electron chi connectivity index (χ4n) is 4.35. The molecule has 5 aromatic carbocycles. The Morgan fingerprint density at radius 3 is 2.09 bits per heavy atom. The van der Waals surface area contributed by atoms with Crippen LogP contribution in [0.15, 0.2) is 103 Å². The molecule has 1 atom stereocenters. The molecule has 0 heterocycles. The molecule has 2 amide bonds. The van der Waals surface area contributed by atoms with Crippen molar-refractivity contribution >= 4 is 91.6 Å². The monoisotopic (exact) mass is 875 g/mol. The number of aryl methyl sites for hydroxylation is 1. The zero-order valence-corrected chi connectivity index (χ0v) is 29.9. The lowest BCUT2D eigenvalue weighted by molar-refractivity contribution is 0.101. The van der Waals surface area contributed by atoms with Crippen molar-refractivity contribution in [2.24, 2.45) is 0 Å². The number of phenolic OH excluding ortho intramolecular Hbond substituents is 2. The average Bonchev–Trinajstić information content (AvgIpc) is 3.03. The Morgan fingerprint density at radius 2 is 1.43 bits per heavy atom. The van der Waals surface area contributed by atoms with Gasteiger partial charge in [-0.2, -0.15) is 5.26 Å². The molecule has 0 fully saturated rings. The molecule has 4 N–H and O–H groups in total. The number of hydrogen-bond donors (Lipinski definition) is 4. The number of nitrogens with one attached hydrogen (secondary N) is 2. The van der Waals surface area contributed by atoms with Crippen molar-refractivity contribution in [1.82, 2.24) is 0 Å². The lowest BCUT2D eigenvalue weighted by Gasteiger charge is -2.16. The molecule has 0 bridgehead atoms. The van der Waals surface area contributed by atoms with Gasteiger partial charge >= 0.3 is 0 Å². The van der Waals surface area contributed by atoms with Crippen LogP contribution in [0.5, 0.6) is 11.5 Å². The molecule has 46 heavy (non-hydrogen) atoms. The van der Waals surface area contributed by atoms with E-state index in [1.54, 1.807) is 78.9 Å². The van der Waals surface area contributed by atoms with Crippen LogP contribution in [-0.4, -0.2) is 22.0 Å². The van der Waals surface area contributed by atoms with E-state index in [1.165, 1.54) is 6.07 Å². The first-order valence-corrected chi connectivity index (χ1v) is 16.5. The van der Waals surface area contributed by atoms with E-state index >= 15 is 0 Å². The molecule has 0 radical (unpaired) electrons. The van der Waals surface area contributed by atoms with Gasteiger partial charge in [0.15, 0.2) is 0 Å². The van der Waals surface area contributed by atoms with Crippen molar-refractivity contribution in [2.45, 2.75) is 12.8 Å². The maximum absolute atomic E-state index is 12.7. The van der Waals surface area contributed by atoms with Crippen LogP contribution in [0.25, 0.3) is 0 Å². The molecule has 232 valence electrons. The summed E-state index contributed by atoms with van der Waals surface area (Å²) in [6.45, 7) is 1.82. The summed E-state index contributed by atoms with van der Waals surface area (Å²) in [5.41, 5.74) is 3.83. The number of carbonyl (C=O) groups is 2. The quantitative estimate of drug-likeness (QED) is 0.127. The number of carbonyl (C=O) groups excluding carboxylic acids is 2. The van der Waals surface area contributed by atoms with Crippen molar-refractivity contribution in [3.05, 3.63) is 148 Å². The van der Waals surface area contributed by atoms with E-state index in [1.807, 2.05) is 47.7 Å². The highest BCUT2D eigenvalue weighted by Gasteiger charge is 2.21. The third kappa shape index (κ3) is 8.91. The van der Waals surface area contributed by atoms with Crippen LogP contribution in [0.4, 0.5) is 11.4 Å². The highest BCUT2D eigenvalue weighted by molar-refractivity contribution is 14.1. The smallest absolute Gasteiger partial charge is 0.259 e. The molecule has 0 aliphatic rings. The average molecular weight is 876 g/mol. The number of anilines is 2. The van der Waals surface area contributed by atoms with Crippen LogP contribution in [0.2, 0.25) is 10.0 Å². The van der Waals surface area contributed by atoms with Crippen LogP contribution in [0, 0.1) is 25.4 Å². The zero-order chi connectivity index (χ0) is 33.4. The van der Waals surface area contributed by atoms with Gasteiger partial charge in [0.05, 0.1) is 26.7 Å². The maximum Gasteiger partial charge on any atom is 0.259 e. The van der Waals surface area contributed by atoms with Gasteiger partial charge in [0, 0.05) is 25.0 Å². The van der Waals surface area contributed by atoms with Gasteiger partial charge in [-0.1, -0.05) is 71.7 Å². The Balaban J connectivity index is 0.000000252. The van der Waals surface area contributed by atoms with Gasteiger partial charge in [-0.05, 0) is 123 Å². The first-order chi connectivity index (χ1) is 22.0. The summed E-state index contributed by atoms with van der Waals surface area (Å²) in [5, 5.41) is 35.9. The Morgan fingerprint density at radius 1 is 0.804 bits per heavy atom. The number of nitrogens with zero attached hydrogens (tertiary/aromatic N) is 1. The van der Waals surface area contributed by atoms with Crippen LogP contribution in [0.1, 0.15) is 43.3 Å². The highest BCUT2D eigenvalue weighted by atomic mass is 127. The number of phenols is 2. The molecule has 0 spiro atoms. The van der Waals surface area contributed by atoms with E-state index in [9.17, 15) is 25.1 Å². The minimum atomic E-state index is -0.570. The van der Waals surface area contributed by atoms with Gasteiger partial charge in [-0.3, -0.25) is 9.59 Å². The van der Waals surface area contributed by atoms with Gasteiger partial charge in [-0.25, -0.2) is 0 Å². The summed E-state index contributed by atoms with van der Waals surface area (Å²) in [6, 6.07) is 31.7. The minimum absolute atomic E-state index is 0.0177. The number of aromatic hydroxyl groups is 2. The second kappa shape index (κ2) is 16.1. The third-order valence-electron chi connectivity index (χ3n) is 6.69. The SMILES string of the molecule is Cc1cc(C(C#N)c2ccc(Cl)cc2)c(Cl)cc1NC(=O)c1cc(I)cc(I)c1O.O=C(Nc1ccccc1)c1ccccc1O. The topological polar surface area (TPSA) is 122 Å². The molecular weight excluding hydrogens is 851 g/mol. The Bertz CT molecular complexity index is 1930. The minimum Gasteiger partial charge on any atom is -0.507 e. The van der Waals surface area contributed by atoms with E-state index in [4.69, 9.17) is 23.2 Å². The molecule has 0 saturated heterocycles. The van der Waals surface area contributed by atoms with Crippen LogP contribution in [-0.2, 0) is 0 Å². The molecule has 7 nitrogen and oxygen atoms in total. The van der Waals surface area contributed by atoms with Gasteiger partial charge < -0.3 is 20.8 Å². The molecule has 0 saturated carbocycles. The maximum atomic E-state index is 12.7. The number of amides is 2. The largest absolute Gasteiger partial charge is 0.507 e. The predicted octanol–water partition coefficient (Wildman–Crippen LogP) is 9.77.